The number of carbonyl (C=O) groups is 1. The molecule has 2 atom stereocenters. The highest BCUT2D eigenvalue weighted by Gasteiger charge is 2.33. The molecular formula is C12H19N3O3S. The van der Waals surface area contributed by atoms with E-state index in [1.54, 1.807) is 0 Å². The third-order valence-electron chi connectivity index (χ3n) is 3.09. The lowest BCUT2D eigenvalue weighted by Crippen LogP contribution is -2.37. The molecule has 0 spiro atoms. The van der Waals surface area contributed by atoms with Crippen molar-refractivity contribution in [2.45, 2.75) is 18.6 Å². The molecule has 7 heteroatoms. The third-order valence-corrected chi connectivity index (χ3v) is 4.11. The first-order valence-corrected chi connectivity index (χ1v) is 6.96. The van der Waals surface area contributed by atoms with Gasteiger partial charge >= 0.3 is 5.97 Å². The van der Waals surface area contributed by atoms with E-state index in [9.17, 15) is 9.90 Å². The Morgan fingerprint density at radius 2 is 2.42 bits per heavy atom. The van der Waals surface area contributed by atoms with Gasteiger partial charge < -0.3 is 19.6 Å². The third kappa shape index (κ3) is 3.23. The van der Waals surface area contributed by atoms with Crippen LogP contribution in [0.25, 0.3) is 0 Å². The molecule has 19 heavy (non-hydrogen) atoms. The van der Waals surface area contributed by atoms with Crippen LogP contribution in [0.5, 0.6) is 0 Å². The number of methoxy groups -OCH3 is 1. The van der Waals surface area contributed by atoms with E-state index in [0.29, 0.717) is 11.4 Å². The van der Waals surface area contributed by atoms with Gasteiger partial charge in [0.15, 0.2) is 5.13 Å². The molecule has 1 N–H and O–H groups in total. The van der Waals surface area contributed by atoms with Crippen molar-refractivity contribution in [2.75, 3.05) is 39.2 Å². The summed E-state index contributed by atoms with van der Waals surface area (Å²) in [4.78, 5) is 20.4. The Hall–Kier alpha value is -1.18. The second kappa shape index (κ2) is 5.85. The Kier molecular flexibility index (Phi) is 4.38. The molecule has 1 saturated heterocycles. The molecule has 2 unspecified atom stereocenters. The Balaban J connectivity index is 2.14. The quantitative estimate of drug-likeness (QED) is 0.809. The molecule has 1 aliphatic rings. The summed E-state index contributed by atoms with van der Waals surface area (Å²) in [6.45, 7) is 1.41. The van der Waals surface area contributed by atoms with Crippen molar-refractivity contribution in [1.82, 2.24) is 9.88 Å². The molecule has 0 saturated carbocycles. The molecule has 0 radical (unpaired) electrons. The number of aliphatic hydroxyl groups is 1. The fraction of sp³-hybridized carbons (Fsp3) is 0.667. The van der Waals surface area contributed by atoms with Crippen LogP contribution in [-0.2, 0) is 4.74 Å². The van der Waals surface area contributed by atoms with Crippen LogP contribution in [-0.4, -0.2) is 67.4 Å². The van der Waals surface area contributed by atoms with E-state index in [4.69, 9.17) is 0 Å². The van der Waals surface area contributed by atoms with Crippen LogP contribution in [0.4, 0.5) is 5.13 Å². The van der Waals surface area contributed by atoms with Crippen molar-refractivity contribution in [3.05, 3.63) is 11.1 Å². The van der Waals surface area contributed by atoms with E-state index < -0.39 is 0 Å². The smallest absolute Gasteiger partial charge is 0.349 e. The number of hydrogen-bond acceptors (Lipinski definition) is 7. The van der Waals surface area contributed by atoms with Crippen LogP contribution in [0.2, 0.25) is 0 Å². The number of aliphatic hydroxyl groups excluding tert-OH is 1. The van der Waals surface area contributed by atoms with Crippen molar-refractivity contribution >= 4 is 22.4 Å². The topological polar surface area (TPSA) is 65.9 Å². The zero-order chi connectivity index (χ0) is 14.0. The first kappa shape index (κ1) is 14.2. The number of esters is 1. The SMILES string of the molecule is COC(=O)c1cnc(N2CC(O)CC2CN(C)C)s1. The van der Waals surface area contributed by atoms with Crippen molar-refractivity contribution in [1.29, 1.82) is 0 Å². The Bertz CT molecular complexity index is 449. The standard InChI is InChI=1S/C12H19N3O3S/c1-14(2)6-8-4-9(16)7-15(8)12-13-5-10(19-12)11(17)18-3/h5,8-9,16H,4,6-7H2,1-3H3. The normalized spacial score (nSPS) is 23.1. The average molecular weight is 285 g/mol. The van der Waals surface area contributed by atoms with Gasteiger partial charge in [0.25, 0.3) is 0 Å². The highest BCUT2D eigenvalue weighted by molar-refractivity contribution is 7.17. The zero-order valence-corrected chi connectivity index (χ0v) is 12.2. The van der Waals surface area contributed by atoms with Crippen molar-refractivity contribution in [3.63, 3.8) is 0 Å². The minimum absolute atomic E-state index is 0.224. The number of rotatable bonds is 4. The number of carbonyl (C=O) groups excluding carboxylic acids is 1. The van der Waals surface area contributed by atoms with Gasteiger partial charge in [-0.2, -0.15) is 0 Å². The summed E-state index contributed by atoms with van der Waals surface area (Å²) in [5.41, 5.74) is 0. The van der Waals surface area contributed by atoms with Crippen molar-refractivity contribution in [3.8, 4) is 0 Å². The second-order valence-corrected chi connectivity index (χ2v) is 5.97. The van der Waals surface area contributed by atoms with E-state index in [2.05, 4.69) is 19.5 Å². The first-order chi connectivity index (χ1) is 9.01. The van der Waals surface area contributed by atoms with E-state index >= 15 is 0 Å². The summed E-state index contributed by atoms with van der Waals surface area (Å²) in [6, 6.07) is 0.224. The van der Waals surface area contributed by atoms with E-state index in [-0.39, 0.29) is 18.1 Å². The summed E-state index contributed by atoms with van der Waals surface area (Å²) >= 11 is 1.31. The Morgan fingerprint density at radius 3 is 3.05 bits per heavy atom. The van der Waals surface area contributed by atoms with E-state index in [0.717, 1.165) is 18.1 Å². The molecule has 1 aromatic heterocycles. The lowest BCUT2D eigenvalue weighted by Gasteiger charge is -2.26. The average Bonchev–Trinajstić information content (AvgIpc) is 2.94. The van der Waals surface area contributed by atoms with Gasteiger partial charge in [-0.3, -0.25) is 0 Å². The molecule has 0 bridgehead atoms. The molecule has 1 aliphatic heterocycles. The van der Waals surface area contributed by atoms with Crippen LogP contribution in [0.1, 0.15) is 16.1 Å². The fourth-order valence-corrected chi connectivity index (χ4v) is 3.23. The summed E-state index contributed by atoms with van der Waals surface area (Å²) in [5, 5.41) is 10.6. The van der Waals surface area contributed by atoms with Gasteiger partial charge in [-0.05, 0) is 20.5 Å². The molecule has 1 aromatic rings. The predicted octanol–water partition coefficient (Wildman–Crippen LogP) is 0.431. The van der Waals surface area contributed by atoms with Gasteiger partial charge in [-0.15, -0.1) is 0 Å². The molecule has 6 nitrogen and oxygen atoms in total. The number of ether oxygens (including phenoxy) is 1. The number of anilines is 1. The van der Waals surface area contributed by atoms with E-state index in [1.807, 2.05) is 14.1 Å². The lowest BCUT2D eigenvalue weighted by atomic mass is 10.2. The maximum atomic E-state index is 11.4. The summed E-state index contributed by atoms with van der Waals surface area (Å²) < 4.78 is 4.68. The van der Waals surface area contributed by atoms with Crippen LogP contribution in [0, 0.1) is 0 Å². The largest absolute Gasteiger partial charge is 0.465 e. The molecule has 106 valence electrons. The second-order valence-electron chi connectivity index (χ2n) is 4.96. The van der Waals surface area contributed by atoms with E-state index in [1.165, 1.54) is 24.6 Å². The van der Waals surface area contributed by atoms with Crippen LogP contribution >= 0.6 is 11.3 Å². The predicted molar refractivity (Wildman–Crippen MR) is 73.8 cm³/mol. The summed E-state index contributed by atoms with van der Waals surface area (Å²) in [6.07, 6.45) is 1.92. The van der Waals surface area contributed by atoms with Crippen LogP contribution < -0.4 is 4.90 Å². The maximum Gasteiger partial charge on any atom is 0.349 e. The highest BCUT2D eigenvalue weighted by atomic mass is 32.1. The van der Waals surface area contributed by atoms with Gasteiger partial charge in [0, 0.05) is 19.1 Å². The Morgan fingerprint density at radius 1 is 1.68 bits per heavy atom. The monoisotopic (exact) mass is 285 g/mol. The van der Waals surface area contributed by atoms with Gasteiger partial charge in [0.1, 0.15) is 4.88 Å². The molecule has 0 aliphatic carbocycles. The fourth-order valence-electron chi connectivity index (χ4n) is 2.31. The van der Waals surface area contributed by atoms with Crippen LogP contribution in [0.15, 0.2) is 6.20 Å². The van der Waals surface area contributed by atoms with Crippen molar-refractivity contribution < 1.29 is 14.6 Å². The summed E-state index contributed by atoms with van der Waals surface area (Å²) in [7, 11) is 5.37. The summed E-state index contributed by atoms with van der Waals surface area (Å²) in [5.74, 6) is -0.368. The lowest BCUT2D eigenvalue weighted by molar-refractivity contribution is 0.0606. The maximum absolute atomic E-state index is 11.4. The Labute approximate surface area is 116 Å². The van der Waals surface area contributed by atoms with Gasteiger partial charge in [0.05, 0.1) is 19.4 Å². The molecule has 1 fully saturated rings. The highest BCUT2D eigenvalue weighted by Crippen LogP contribution is 2.30. The minimum atomic E-state index is -0.368. The minimum Gasteiger partial charge on any atom is -0.465 e. The van der Waals surface area contributed by atoms with Crippen molar-refractivity contribution in [2.24, 2.45) is 0 Å². The number of hydrogen-bond donors (Lipinski definition) is 1. The number of nitrogens with zero attached hydrogens (tertiary/aromatic N) is 3. The molecule has 2 heterocycles. The van der Waals surface area contributed by atoms with Gasteiger partial charge in [-0.25, -0.2) is 9.78 Å². The molecule has 2 rings (SSSR count). The molecular weight excluding hydrogens is 266 g/mol. The molecule has 0 amide bonds. The molecule has 0 aromatic carbocycles. The number of thiazole rings is 1. The first-order valence-electron chi connectivity index (χ1n) is 6.15. The van der Waals surface area contributed by atoms with Crippen LogP contribution in [0.3, 0.4) is 0 Å². The zero-order valence-electron chi connectivity index (χ0n) is 11.4. The number of aromatic nitrogens is 1. The number of β-amino-alcohol motifs (C(OH)–C–C–N with tert-alkyl or cyclic N) is 1. The van der Waals surface area contributed by atoms with Gasteiger partial charge in [-0.1, -0.05) is 11.3 Å². The number of likely N-dealkylation sites (N-methyl/N-ethyl adjacent to an activating group) is 1. The van der Waals surface area contributed by atoms with Gasteiger partial charge in [0.2, 0.25) is 0 Å².